The van der Waals surface area contributed by atoms with Crippen LogP contribution >= 0.6 is 0 Å². The highest BCUT2D eigenvalue weighted by Crippen LogP contribution is 2.35. The molecular formula is C23H24N4O4. The van der Waals surface area contributed by atoms with Crippen molar-refractivity contribution < 1.29 is 19.0 Å². The lowest BCUT2D eigenvalue weighted by atomic mass is 10.1. The highest BCUT2D eigenvalue weighted by Gasteiger charge is 2.20. The van der Waals surface area contributed by atoms with Crippen LogP contribution in [0.4, 0.5) is 11.4 Å². The molecule has 0 aliphatic carbocycles. The Morgan fingerprint density at radius 3 is 2.84 bits per heavy atom. The summed E-state index contributed by atoms with van der Waals surface area (Å²) in [5, 5.41) is 9.99. The number of H-pyrrole nitrogens is 1. The van der Waals surface area contributed by atoms with Gasteiger partial charge in [0.25, 0.3) is 5.91 Å². The maximum atomic E-state index is 12.7. The first-order valence-corrected chi connectivity index (χ1v) is 10.3. The minimum absolute atomic E-state index is 0.219. The van der Waals surface area contributed by atoms with Gasteiger partial charge in [-0.15, -0.1) is 0 Å². The summed E-state index contributed by atoms with van der Waals surface area (Å²) in [6.07, 6.45) is 2.48. The zero-order chi connectivity index (χ0) is 21.2. The van der Waals surface area contributed by atoms with Crippen LogP contribution in [-0.4, -0.2) is 49.2 Å². The third kappa shape index (κ3) is 4.06. The molecule has 8 nitrogen and oxygen atoms in total. The van der Waals surface area contributed by atoms with Crippen molar-refractivity contribution in [3.8, 4) is 22.8 Å². The summed E-state index contributed by atoms with van der Waals surface area (Å²) in [5.41, 5.74) is 3.76. The van der Waals surface area contributed by atoms with E-state index in [0.717, 1.165) is 42.9 Å². The van der Waals surface area contributed by atoms with Crippen LogP contribution in [0.3, 0.4) is 0 Å². The molecule has 1 aromatic heterocycles. The van der Waals surface area contributed by atoms with E-state index in [1.165, 1.54) is 0 Å². The molecule has 1 amide bonds. The molecule has 2 aliphatic heterocycles. The SMILES string of the molecule is COC1CCCN(c2ccc(NC(=O)c3cc(-c4ccc5c(c4)OCO5)n[nH]3)cc2)C1. The summed E-state index contributed by atoms with van der Waals surface area (Å²) in [7, 11) is 1.76. The minimum Gasteiger partial charge on any atom is -0.454 e. The van der Waals surface area contributed by atoms with Crippen molar-refractivity contribution in [1.29, 1.82) is 0 Å². The fraction of sp³-hybridized carbons (Fsp3) is 0.304. The Kier molecular flexibility index (Phi) is 5.21. The van der Waals surface area contributed by atoms with Crippen LogP contribution in [0.2, 0.25) is 0 Å². The monoisotopic (exact) mass is 420 g/mol. The van der Waals surface area contributed by atoms with Crippen LogP contribution in [-0.2, 0) is 4.74 Å². The molecule has 0 saturated carbocycles. The van der Waals surface area contributed by atoms with Crippen molar-refractivity contribution in [3.05, 3.63) is 54.2 Å². The number of nitrogens with zero attached hydrogens (tertiary/aromatic N) is 2. The van der Waals surface area contributed by atoms with Gasteiger partial charge in [-0.1, -0.05) is 0 Å². The summed E-state index contributed by atoms with van der Waals surface area (Å²) in [4.78, 5) is 15.0. The van der Waals surface area contributed by atoms with Gasteiger partial charge in [0, 0.05) is 37.1 Å². The molecule has 3 aromatic rings. The fourth-order valence-corrected chi connectivity index (χ4v) is 3.96. The average Bonchev–Trinajstić information content (AvgIpc) is 3.49. The van der Waals surface area contributed by atoms with E-state index in [0.29, 0.717) is 22.9 Å². The molecule has 160 valence electrons. The molecule has 2 aliphatic rings. The highest BCUT2D eigenvalue weighted by molar-refractivity contribution is 6.03. The third-order valence-corrected chi connectivity index (χ3v) is 5.69. The minimum atomic E-state index is -0.246. The number of hydrogen-bond acceptors (Lipinski definition) is 6. The van der Waals surface area contributed by atoms with Gasteiger partial charge in [-0.25, -0.2) is 0 Å². The number of methoxy groups -OCH3 is 1. The van der Waals surface area contributed by atoms with Crippen molar-refractivity contribution in [2.24, 2.45) is 0 Å². The van der Waals surface area contributed by atoms with E-state index >= 15 is 0 Å². The molecule has 1 unspecified atom stereocenters. The number of hydrogen-bond donors (Lipinski definition) is 2. The summed E-state index contributed by atoms with van der Waals surface area (Å²) in [5.74, 6) is 1.14. The zero-order valence-electron chi connectivity index (χ0n) is 17.3. The van der Waals surface area contributed by atoms with Gasteiger partial charge in [-0.3, -0.25) is 9.89 Å². The molecule has 1 atom stereocenters. The van der Waals surface area contributed by atoms with Gasteiger partial charge in [-0.2, -0.15) is 5.10 Å². The Hall–Kier alpha value is -3.52. The smallest absolute Gasteiger partial charge is 0.273 e. The van der Waals surface area contributed by atoms with Crippen LogP contribution in [0.1, 0.15) is 23.3 Å². The van der Waals surface area contributed by atoms with E-state index in [1.54, 1.807) is 13.2 Å². The maximum Gasteiger partial charge on any atom is 0.273 e. The van der Waals surface area contributed by atoms with Crippen LogP contribution in [0.15, 0.2) is 48.5 Å². The quantitative estimate of drug-likeness (QED) is 0.655. The summed E-state index contributed by atoms with van der Waals surface area (Å²) < 4.78 is 16.2. The van der Waals surface area contributed by atoms with Crippen molar-refractivity contribution >= 4 is 17.3 Å². The zero-order valence-corrected chi connectivity index (χ0v) is 17.3. The van der Waals surface area contributed by atoms with Gasteiger partial charge < -0.3 is 24.4 Å². The van der Waals surface area contributed by atoms with Gasteiger partial charge in [0.05, 0.1) is 11.8 Å². The van der Waals surface area contributed by atoms with E-state index in [4.69, 9.17) is 14.2 Å². The number of aromatic nitrogens is 2. The molecule has 1 fully saturated rings. The molecule has 0 bridgehead atoms. The Labute approximate surface area is 180 Å². The lowest BCUT2D eigenvalue weighted by molar-refractivity contribution is 0.0893. The molecule has 0 radical (unpaired) electrons. The number of fused-ring (bicyclic) bond motifs is 1. The molecule has 2 N–H and O–H groups in total. The number of benzene rings is 2. The maximum absolute atomic E-state index is 12.7. The highest BCUT2D eigenvalue weighted by atomic mass is 16.7. The standard InChI is InChI=1S/C23H24N4O4/c1-29-18-3-2-10-27(13-18)17-7-5-16(6-8-17)24-23(28)20-12-19(25-26-20)15-4-9-21-22(11-15)31-14-30-21/h4-9,11-12,18H,2-3,10,13-14H2,1H3,(H,24,28)(H,25,26). The lowest BCUT2D eigenvalue weighted by Gasteiger charge is -2.33. The number of ether oxygens (including phenoxy) is 3. The second-order valence-corrected chi connectivity index (χ2v) is 7.68. The van der Waals surface area contributed by atoms with Crippen LogP contribution < -0.4 is 19.7 Å². The van der Waals surface area contributed by atoms with Crippen molar-refractivity contribution in [2.45, 2.75) is 18.9 Å². The second-order valence-electron chi connectivity index (χ2n) is 7.68. The average molecular weight is 420 g/mol. The van der Waals surface area contributed by atoms with E-state index in [-0.39, 0.29) is 18.8 Å². The van der Waals surface area contributed by atoms with E-state index in [2.05, 4.69) is 20.4 Å². The first-order chi connectivity index (χ1) is 15.2. The first kappa shape index (κ1) is 19.4. The summed E-state index contributed by atoms with van der Waals surface area (Å²) >= 11 is 0. The number of rotatable bonds is 5. The number of carbonyl (C=O) groups is 1. The van der Waals surface area contributed by atoms with Crippen LogP contribution in [0, 0.1) is 0 Å². The second kappa shape index (κ2) is 8.31. The van der Waals surface area contributed by atoms with E-state index in [9.17, 15) is 4.79 Å². The van der Waals surface area contributed by atoms with Gasteiger partial charge in [0.2, 0.25) is 6.79 Å². The van der Waals surface area contributed by atoms with Crippen LogP contribution in [0.25, 0.3) is 11.3 Å². The molecule has 8 heteroatoms. The topological polar surface area (TPSA) is 88.7 Å². The number of anilines is 2. The van der Waals surface area contributed by atoms with Crippen molar-refractivity contribution in [2.75, 3.05) is 37.2 Å². The number of carbonyl (C=O) groups excluding carboxylic acids is 1. The predicted molar refractivity (Wildman–Crippen MR) is 117 cm³/mol. The first-order valence-electron chi connectivity index (χ1n) is 10.3. The Bertz CT molecular complexity index is 1080. The number of amides is 1. The fourth-order valence-electron chi connectivity index (χ4n) is 3.96. The van der Waals surface area contributed by atoms with Gasteiger partial charge in [0.1, 0.15) is 5.69 Å². The van der Waals surface area contributed by atoms with Gasteiger partial charge in [-0.05, 0) is 61.4 Å². The molecule has 2 aromatic carbocycles. The Morgan fingerprint density at radius 2 is 2.00 bits per heavy atom. The van der Waals surface area contributed by atoms with Crippen LogP contribution in [0.5, 0.6) is 11.5 Å². The van der Waals surface area contributed by atoms with E-state index < -0.39 is 0 Å². The lowest BCUT2D eigenvalue weighted by Crippen LogP contribution is -2.39. The molecule has 1 saturated heterocycles. The van der Waals surface area contributed by atoms with Gasteiger partial charge >= 0.3 is 0 Å². The number of aromatic amines is 1. The molecule has 31 heavy (non-hydrogen) atoms. The Morgan fingerprint density at radius 1 is 1.16 bits per heavy atom. The Balaban J connectivity index is 1.24. The summed E-state index contributed by atoms with van der Waals surface area (Å²) in [6.45, 7) is 2.12. The van der Waals surface area contributed by atoms with E-state index in [1.807, 2.05) is 42.5 Å². The molecular weight excluding hydrogens is 396 g/mol. The number of nitrogens with one attached hydrogen (secondary N) is 2. The van der Waals surface area contributed by atoms with Crippen molar-refractivity contribution in [1.82, 2.24) is 10.2 Å². The van der Waals surface area contributed by atoms with Crippen molar-refractivity contribution in [3.63, 3.8) is 0 Å². The molecule has 0 spiro atoms. The summed E-state index contributed by atoms with van der Waals surface area (Å²) in [6, 6.07) is 15.2. The largest absolute Gasteiger partial charge is 0.454 e. The normalized spacial score (nSPS) is 17.6. The molecule has 5 rings (SSSR count). The predicted octanol–water partition coefficient (Wildman–Crippen LogP) is 3.67. The third-order valence-electron chi connectivity index (χ3n) is 5.69. The van der Waals surface area contributed by atoms with Gasteiger partial charge in [0.15, 0.2) is 11.5 Å². The number of piperidine rings is 1. The molecule has 3 heterocycles.